The van der Waals surface area contributed by atoms with Crippen LogP contribution in [0.2, 0.25) is 0 Å². The van der Waals surface area contributed by atoms with E-state index in [9.17, 15) is 4.39 Å². The second kappa shape index (κ2) is 5.80. The molecule has 1 aliphatic rings. The third kappa shape index (κ3) is 2.84. The molecule has 0 N–H and O–H groups in total. The van der Waals surface area contributed by atoms with Crippen molar-refractivity contribution in [2.75, 3.05) is 24.6 Å². The maximum atomic E-state index is 14.1. The summed E-state index contributed by atoms with van der Waals surface area (Å²) in [4.78, 5) is 9.85. The summed E-state index contributed by atoms with van der Waals surface area (Å²) in [6.45, 7) is 3.94. The summed E-state index contributed by atoms with van der Waals surface area (Å²) in [5.74, 6) is 0.00310. The molecule has 2 rings (SSSR count). The van der Waals surface area contributed by atoms with Crippen LogP contribution in [0.5, 0.6) is 5.88 Å². The highest BCUT2D eigenvalue weighted by atomic mass is 19.1. The molecule has 2 heterocycles. The monoisotopic (exact) mass is 239 g/mol. The Morgan fingerprint density at radius 3 is 2.59 bits per heavy atom. The number of aromatic nitrogens is 2. The highest BCUT2D eigenvalue weighted by molar-refractivity contribution is 5.43. The molecule has 1 aromatic rings. The van der Waals surface area contributed by atoms with Gasteiger partial charge in [-0.1, -0.05) is 12.8 Å². The molecule has 0 spiro atoms. The van der Waals surface area contributed by atoms with Gasteiger partial charge in [-0.2, -0.15) is 9.37 Å². The van der Waals surface area contributed by atoms with Crippen LogP contribution in [0.15, 0.2) is 6.33 Å². The van der Waals surface area contributed by atoms with Crippen LogP contribution in [-0.2, 0) is 0 Å². The Morgan fingerprint density at radius 2 is 1.94 bits per heavy atom. The first-order chi connectivity index (χ1) is 8.33. The predicted molar refractivity (Wildman–Crippen MR) is 63.8 cm³/mol. The Labute approximate surface area is 101 Å². The van der Waals surface area contributed by atoms with Crippen molar-refractivity contribution in [3.63, 3.8) is 0 Å². The van der Waals surface area contributed by atoms with Crippen LogP contribution in [0.3, 0.4) is 0 Å². The summed E-state index contributed by atoms with van der Waals surface area (Å²) in [5.41, 5.74) is 0. The minimum absolute atomic E-state index is 0.0572. The lowest BCUT2D eigenvalue weighted by atomic mass is 10.2. The Balaban J connectivity index is 2.21. The third-order valence-corrected chi connectivity index (χ3v) is 2.93. The molecule has 0 radical (unpaired) electrons. The molecule has 1 aromatic heterocycles. The van der Waals surface area contributed by atoms with Crippen molar-refractivity contribution < 1.29 is 9.13 Å². The van der Waals surface area contributed by atoms with E-state index in [0.717, 1.165) is 25.9 Å². The summed E-state index contributed by atoms with van der Waals surface area (Å²) in [6, 6.07) is 0. The zero-order valence-electron chi connectivity index (χ0n) is 10.2. The molecule has 0 saturated carbocycles. The van der Waals surface area contributed by atoms with Crippen LogP contribution in [0.1, 0.15) is 32.6 Å². The highest BCUT2D eigenvalue weighted by Gasteiger charge is 2.19. The number of ether oxygens (including phenoxy) is 1. The van der Waals surface area contributed by atoms with E-state index in [1.54, 1.807) is 0 Å². The molecule has 1 aliphatic heterocycles. The predicted octanol–water partition coefficient (Wildman–Crippen LogP) is 2.39. The summed E-state index contributed by atoms with van der Waals surface area (Å²) < 4.78 is 19.2. The van der Waals surface area contributed by atoms with Crippen LogP contribution in [0, 0.1) is 5.82 Å². The van der Waals surface area contributed by atoms with E-state index in [4.69, 9.17) is 4.74 Å². The molecule has 0 atom stereocenters. The molecular weight excluding hydrogens is 221 g/mol. The number of hydrogen-bond donors (Lipinski definition) is 0. The Bertz CT molecular complexity index is 365. The second-order valence-electron chi connectivity index (χ2n) is 4.15. The van der Waals surface area contributed by atoms with Crippen LogP contribution in [0.4, 0.5) is 10.2 Å². The van der Waals surface area contributed by atoms with Crippen LogP contribution in [-0.4, -0.2) is 29.7 Å². The van der Waals surface area contributed by atoms with Gasteiger partial charge in [0.05, 0.1) is 6.61 Å². The lowest BCUT2D eigenvalue weighted by Crippen LogP contribution is -2.26. The first-order valence-electron chi connectivity index (χ1n) is 6.21. The Kier molecular flexibility index (Phi) is 4.12. The molecule has 5 heteroatoms. The summed E-state index contributed by atoms with van der Waals surface area (Å²) in [7, 11) is 0. The minimum atomic E-state index is -0.434. The first kappa shape index (κ1) is 12.1. The largest absolute Gasteiger partial charge is 0.476 e. The lowest BCUT2D eigenvalue weighted by molar-refractivity contribution is 0.306. The van der Waals surface area contributed by atoms with Gasteiger partial charge < -0.3 is 9.64 Å². The van der Waals surface area contributed by atoms with Crippen LogP contribution in [0.25, 0.3) is 0 Å². The maximum absolute atomic E-state index is 14.1. The van der Waals surface area contributed by atoms with Crippen molar-refractivity contribution in [2.24, 2.45) is 0 Å². The van der Waals surface area contributed by atoms with Crippen LogP contribution < -0.4 is 9.64 Å². The smallest absolute Gasteiger partial charge is 0.255 e. The zero-order chi connectivity index (χ0) is 12.1. The van der Waals surface area contributed by atoms with Crippen molar-refractivity contribution >= 4 is 5.82 Å². The van der Waals surface area contributed by atoms with Crippen molar-refractivity contribution in [3.05, 3.63) is 12.1 Å². The molecule has 0 aliphatic carbocycles. The zero-order valence-corrected chi connectivity index (χ0v) is 10.2. The average molecular weight is 239 g/mol. The fourth-order valence-corrected chi connectivity index (χ4v) is 2.09. The quantitative estimate of drug-likeness (QED) is 0.811. The number of nitrogens with zero attached hydrogens (tertiary/aromatic N) is 3. The van der Waals surface area contributed by atoms with Gasteiger partial charge in [-0.15, -0.1) is 0 Å². The molecule has 1 fully saturated rings. The van der Waals surface area contributed by atoms with E-state index in [1.165, 1.54) is 19.2 Å². The summed E-state index contributed by atoms with van der Waals surface area (Å²) in [5, 5.41) is 0. The standard InChI is InChI=1S/C12H18FN3O/c1-2-17-12-10(13)11(14-9-15-12)16-7-5-3-4-6-8-16/h9H,2-8H2,1H3. The van der Waals surface area contributed by atoms with Gasteiger partial charge in [0.15, 0.2) is 5.82 Å². The van der Waals surface area contributed by atoms with E-state index >= 15 is 0 Å². The number of halogens is 1. The molecule has 1 saturated heterocycles. The fourth-order valence-electron chi connectivity index (χ4n) is 2.09. The van der Waals surface area contributed by atoms with Gasteiger partial charge in [0, 0.05) is 13.1 Å². The van der Waals surface area contributed by atoms with Gasteiger partial charge >= 0.3 is 0 Å². The van der Waals surface area contributed by atoms with E-state index < -0.39 is 5.82 Å². The van der Waals surface area contributed by atoms with Gasteiger partial charge in [0.2, 0.25) is 5.82 Å². The average Bonchev–Trinajstić information content (AvgIpc) is 2.61. The topological polar surface area (TPSA) is 38.3 Å². The normalized spacial score (nSPS) is 16.7. The third-order valence-electron chi connectivity index (χ3n) is 2.93. The van der Waals surface area contributed by atoms with E-state index in [2.05, 4.69) is 9.97 Å². The molecule has 17 heavy (non-hydrogen) atoms. The number of rotatable bonds is 3. The van der Waals surface area contributed by atoms with Gasteiger partial charge in [-0.3, -0.25) is 0 Å². The summed E-state index contributed by atoms with van der Waals surface area (Å²) in [6.07, 6.45) is 5.97. The molecule has 0 bridgehead atoms. The fraction of sp³-hybridized carbons (Fsp3) is 0.667. The molecule has 94 valence electrons. The van der Waals surface area contributed by atoms with Gasteiger partial charge in [0.1, 0.15) is 6.33 Å². The highest BCUT2D eigenvalue weighted by Crippen LogP contribution is 2.25. The Morgan fingerprint density at radius 1 is 1.24 bits per heavy atom. The van der Waals surface area contributed by atoms with Crippen molar-refractivity contribution in [2.45, 2.75) is 32.6 Å². The SMILES string of the molecule is CCOc1ncnc(N2CCCCCC2)c1F. The Hall–Kier alpha value is -1.39. The van der Waals surface area contributed by atoms with Crippen molar-refractivity contribution in [1.29, 1.82) is 0 Å². The van der Waals surface area contributed by atoms with Gasteiger partial charge in [-0.05, 0) is 19.8 Å². The van der Waals surface area contributed by atoms with E-state index in [0.29, 0.717) is 12.4 Å². The molecule has 0 aromatic carbocycles. The van der Waals surface area contributed by atoms with Gasteiger partial charge in [-0.25, -0.2) is 4.98 Å². The second-order valence-corrected chi connectivity index (χ2v) is 4.15. The van der Waals surface area contributed by atoms with E-state index in [-0.39, 0.29) is 5.88 Å². The molecule has 0 amide bonds. The van der Waals surface area contributed by atoms with E-state index in [1.807, 2.05) is 11.8 Å². The summed E-state index contributed by atoms with van der Waals surface area (Å²) >= 11 is 0. The molecule has 0 unspecified atom stereocenters. The molecule has 4 nitrogen and oxygen atoms in total. The van der Waals surface area contributed by atoms with Crippen molar-refractivity contribution in [3.8, 4) is 5.88 Å². The van der Waals surface area contributed by atoms with Crippen LogP contribution >= 0.6 is 0 Å². The van der Waals surface area contributed by atoms with Gasteiger partial charge in [0.25, 0.3) is 5.88 Å². The maximum Gasteiger partial charge on any atom is 0.255 e. The number of anilines is 1. The lowest BCUT2D eigenvalue weighted by Gasteiger charge is -2.21. The van der Waals surface area contributed by atoms with Crippen molar-refractivity contribution in [1.82, 2.24) is 9.97 Å². The molecular formula is C12H18FN3O. The first-order valence-corrected chi connectivity index (χ1v) is 6.21. The minimum Gasteiger partial charge on any atom is -0.476 e. The number of hydrogen-bond acceptors (Lipinski definition) is 4.